The Morgan fingerprint density at radius 3 is 2.92 bits per heavy atom. The summed E-state index contributed by atoms with van der Waals surface area (Å²) in [7, 11) is 0. The topological polar surface area (TPSA) is 79.8 Å². The van der Waals surface area contributed by atoms with Crippen molar-refractivity contribution in [2.75, 3.05) is 26.2 Å². The van der Waals surface area contributed by atoms with Gasteiger partial charge in [0, 0.05) is 37.5 Å². The maximum atomic E-state index is 12.9. The second-order valence-corrected chi connectivity index (χ2v) is 7.28. The number of amides is 2. The molecule has 1 aromatic heterocycles. The van der Waals surface area contributed by atoms with E-state index in [1.54, 1.807) is 0 Å². The van der Waals surface area contributed by atoms with Crippen LogP contribution in [0.3, 0.4) is 0 Å². The van der Waals surface area contributed by atoms with E-state index in [1.807, 2.05) is 40.1 Å². The van der Waals surface area contributed by atoms with E-state index in [9.17, 15) is 9.59 Å². The molecule has 2 atom stereocenters. The number of nitrogens with two attached hydrogens (primary N) is 1. The average molecular weight is 355 g/mol. The van der Waals surface area contributed by atoms with Crippen LogP contribution >= 0.6 is 0 Å². The Labute approximate surface area is 152 Å². The van der Waals surface area contributed by atoms with Gasteiger partial charge in [-0.05, 0) is 43.9 Å². The van der Waals surface area contributed by atoms with E-state index in [4.69, 9.17) is 10.2 Å². The Morgan fingerprint density at radius 1 is 1.27 bits per heavy atom. The van der Waals surface area contributed by atoms with E-state index >= 15 is 0 Å². The lowest BCUT2D eigenvalue weighted by Gasteiger charge is -2.47. The lowest BCUT2D eigenvalue weighted by molar-refractivity contribution is -0.140. The van der Waals surface area contributed by atoms with Crippen LogP contribution < -0.4 is 5.73 Å². The summed E-state index contributed by atoms with van der Waals surface area (Å²) in [5.41, 5.74) is 6.35. The second kappa shape index (κ2) is 7.11. The summed E-state index contributed by atoms with van der Waals surface area (Å²) < 4.78 is 5.74. The largest absolute Gasteiger partial charge is 0.451 e. The molecule has 0 spiro atoms. The molecule has 2 N–H and O–H groups in total. The standard InChI is InChI=1S/C20H25N3O3/c21-9-3-10-23-16-8-11-22(13-15(16)6-7-19(23)24)20(25)18-12-14-4-1-2-5-17(14)26-18/h1-2,4-5,12,15-16H,3,6-11,13,21H2. The number of furan rings is 1. The van der Waals surface area contributed by atoms with Gasteiger partial charge in [-0.3, -0.25) is 9.59 Å². The van der Waals surface area contributed by atoms with Gasteiger partial charge in [0.05, 0.1) is 0 Å². The maximum absolute atomic E-state index is 12.9. The van der Waals surface area contributed by atoms with Crippen molar-refractivity contribution in [1.29, 1.82) is 0 Å². The van der Waals surface area contributed by atoms with Crippen LogP contribution in [0, 0.1) is 5.92 Å². The van der Waals surface area contributed by atoms with Crippen molar-refractivity contribution in [2.24, 2.45) is 11.7 Å². The summed E-state index contributed by atoms with van der Waals surface area (Å²) >= 11 is 0. The normalized spacial score (nSPS) is 23.3. The van der Waals surface area contributed by atoms with Crippen LogP contribution in [0.1, 0.15) is 36.2 Å². The number of fused-ring (bicyclic) bond motifs is 2. The smallest absolute Gasteiger partial charge is 0.289 e. The molecular formula is C20H25N3O3. The fourth-order valence-electron chi connectivity index (χ4n) is 4.33. The van der Waals surface area contributed by atoms with Crippen LogP contribution in [0.15, 0.2) is 34.7 Å². The van der Waals surface area contributed by atoms with Crippen LogP contribution in [0.5, 0.6) is 0 Å². The number of rotatable bonds is 4. The Morgan fingerprint density at radius 2 is 2.12 bits per heavy atom. The summed E-state index contributed by atoms with van der Waals surface area (Å²) in [5.74, 6) is 0.922. The van der Waals surface area contributed by atoms with Gasteiger partial charge in [0.25, 0.3) is 5.91 Å². The van der Waals surface area contributed by atoms with Gasteiger partial charge in [-0.15, -0.1) is 0 Å². The molecule has 0 saturated carbocycles. The number of carbonyl (C=O) groups is 2. The molecule has 0 radical (unpaired) electrons. The van der Waals surface area contributed by atoms with Crippen LogP contribution in [0.4, 0.5) is 0 Å². The highest BCUT2D eigenvalue weighted by Gasteiger charge is 2.40. The molecule has 2 aliphatic heterocycles. The molecule has 2 aliphatic rings. The van der Waals surface area contributed by atoms with Crippen molar-refractivity contribution >= 4 is 22.8 Å². The third-order valence-electron chi connectivity index (χ3n) is 5.67. The number of piperidine rings is 2. The first-order valence-electron chi connectivity index (χ1n) is 9.45. The third-order valence-corrected chi connectivity index (χ3v) is 5.67. The Hall–Kier alpha value is -2.34. The number of nitrogens with zero attached hydrogens (tertiary/aromatic N) is 2. The van der Waals surface area contributed by atoms with Gasteiger partial charge in [-0.2, -0.15) is 0 Å². The van der Waals surface area contributed by atoms with E-state index in [0.717, 1.165) is 36.8 Å². The van der Waals surface area contributed by atoms with Gasteiger partial charge in [-0.25, -0.2) is 0 Å². The minimum Gasteiger partial charge on any atom is -0.451 e. The predicted octanol–water partition coefficient (Wildman–Crippen LogP) is 2.23. The van der Waals surface area contributed by atoms with E-state index < -0.39 is 0 Å². The first kappa shape index (κ1) is 17.1. The van der Waals surface area contributed by atoms with Crippen LogP contribution in [0.2, 0.25) is 0 Å². The number of benzene rings is 1. The summed E-state index contributed by atoms with van der Waals surface area (Å²) in [6, 6.07) is 9.72. The molecule has 4 rings (SSSR count). The number of para-hydroxylation sites is 1. The zero-order chi connectivity index (χ0) is 18.1. The maximum Gasteiger partial charge on any atom is 0.289 e. The molecule has 2 fully saturated rings. The average Bonchev–Trinajstić information content (AvgIpc) is 3.10. The first-order valence-corrected chi connectivity index (χ1v) is 9.45. The highest BCUT2D eigenvalue weighted by Crippen LogP contribution is 2.32. The highest BCUT2D eigenvalue weighted by atomic mass is 16.3. The quantitative estimate of drug-likeness (QED) is 0.912. The van der Waals surface area contributed by atoms with Gasteiger partial charge < -0.3 is 20.0 Å². The summed E-state index contributed by atoms with van der Waals surface area (Å²) in [6.07, 6.45) is 3.08. The Balaban J connectivity index is 1.47. The molecule has 26 heavy (non-hydrogen) atoms. The van der Waals surface area contributed by atoms with E-state index in [0.29, 0.717) is 37.7 Å². The predicted molar refractivity (Wildman–Crippen MR) is 98.6 cm³/mol. The summed E-state index contributed by atoms with van der Waals surface area (Å²) in [6.45, 7) is 2.67. The molecule has 6 nitrogen and oxygen atoms in total. The number of hydrogen-bond acceptors (Lipinski definition) is 4. The molecule has 1 aromatic carbocycles. The monoisotopic (exact) mass is 355 g/mol. The van der Waals surface area contributed by atoms with Crippen molar-refractivity contribution in [3.63, 3.8) is 0 Å². The lowest BCUT2D eigenvalue weighted by atomic mass is 9.83. The summed E-state index contributed by atoms with van der Waals surface area (Å²) in [4.78, 5) is 29.1. The number of carbonyl (C=O) groups excluding carboxylic acids is 2. The zero-order valence-corrected chi connectivity index (χ0v) is 14.9. The van der Waals surface area contributed by atoms with Crippen molar-refractivity contribution in [1.82, 2.24) is 9.80 Å². The van der Waals surface area contributed by atoms with Crippen molar-refractivity contribution < 1.29 is 14.0 Å². The Kier molecular flexibility index (Phi) is 4.68. The molecule has 138 valence electrons. The molecule has 0 bridgehead atoms. The second-order valence-electron chi connectivity index (χ2n) is 7.28. The van der Waals surface area contributed by atoms with Crippen molar-refractivity contribution in [3.8, 4) is 0 Å². The highest BCUT2D eigenvalue weighted by molar-refractivity contribution is 5.96. The SMILES string of the molecule is NCCCN1C(=O)CCC2CN(C(=O)c3cc4ccccc4o3)CCC21. The lowest BCUT2D eigenvalue weighted by Crippen LogP contribution is -2.57. The number of likely N-dealkylation sites (tertiary alicyclic amines) is 2. The molecule has 2 saturated heterocycles. The minimum absolute atomic E-state index is 0.0509. The molecule has 3 heterocycles. The van der Waals surface area contributed by atoms with Gasteiger partial charge in [0.15, 0.2) is 5.76 Å². The zero-order valence-electron chi connectivity index (χ0n) is 14.9. The van der Waals surface area contributed by atoms with E-state index in [-0.39, 0.29) is 17.9 Å². The number of hydrogen-bond donors (Lipinski definition) is 1. The summed E-state index contributed by atoms with van der Waals surface area (Å²) in [5, 5.41) is 0.946. The molecule has 2 unspecified atom stereocenters. The third kappa shape index (κ3) is 3.09. The van der Waals surface area contributed by atoms with E-state index in [1.165, 1.54) is 0 Å². The molecule has 0 aliphatic carbocycles. The van der Waals surface area contributed by atoms with Gasteiger partial charge in [0.1, 0.15) is 5.58 Å². The fourth-order valence-corrected chi connectivity index (χ4v) is 4.33. The molecule has 6 heteroatoms. The van der Waals surface area contributed by atoms with Crippen LogP contribution in [-0.2, 0) is 4.79 Å². The van der Waals surface area contributed by atoms with Gasteiger partial charge >= 0.3 is 0 Å². The van der Waals surface area contributed by atoms with E-state index in [2.05, 4.69) is 0 Å². The van der Waals surface area contributed by atoms with Gasteiger partial charge in [-0.1, -0.05) is 18.2 Å². The fraction of sp³-hybridized carbons (Fsp3) is 0.500. The van der Waals surface area contributed by atoms with Crippen LogP contribution in [0.25, 0.3) is 11.0 Å². The Bertz CT molecular complexity index is 782. The molecule has 2 amide bonds. The van der Waals surface area contributed by atoms with Crippen molar-refractivity contribution in [2.45, 2.75) is 31.7 Å². The minimum atomic E-state index is -0.0509. The van der Waals surface area contributed by atoms with Crippen LogP contribution in [-0.4, -0.2) is 53.8 Å². The first-order chi connectivity index (χ1) is 12.7. The van der Waals surface area contributed by atoms with Gasteiger partial charge in [0.2, 0.25) is 5.91 Å². The molecule has 2 aromatic rings. The van der Waals surface area contributed by atoms with Crippen molar-refractivity contribution in [3.05, 3.63) is 36.1 Å². The molecular weight excluding hydrogens is 330 g/mol.